The Hall–Kier alpha value is -7.98. The normalized spacial score (nSPS) is 11.8. The molecule has 0 aliphatic rings. The molecule has 0 bridgehead atoms. The fraction of sp³-hybridized carbons (Fsp3) is 0. The van der Waals surface area contributed by atoms with Gasteiger partial charge in [0.1, 0.15) is 0 Å². The number of aromatic nitrogens is 2. The number of nitrogens with zero attached hydrogens (tertiary/aromatic N) is 2. The van der Waals surface area contributed by atoms with Gasteiger partial charge in [-0.2, -0.15) is 0 Å². The van der Waals surface area contributed by atoms with Crippen molar-refractivity contribution in [1.29, 1.82) is 0 Å². The predicted molar refractivity (Wildman–Crippen MR) is 270 cm³/mol. The van der Waals surface area contributed by atoms with Crippen LogP contribution in [0.4, 0.5) is 0 Å². The molecule has 2 aromatic heterocycles. The van der Waals surface area contributed by atoms with E-state index < -0.39 is 8.07 Å². The van der Waals surface area contributed by atoms with Crippen LogP contribution in [0.1, 0.15) is 0 Å². The molecule has 12 rings (SSSR count). The van der Waals surface area contributed by atoms with Gasteiger partial charge >= 0.3 is 0 Å². The Balaban J connectivity index is 1.09. The van der Waals surface area contributed by atoms with Crippen LogP contribution < -0.4 is 20.7 Å². The molecule has 12 aromatic rings. The van der Waals surface area contributed by atoms with Crippen LogP contribution in [-0.4, -0.2) is 17.2 Å². The Morgan fingerprint density at radius 2 is 0.714 bits per heavy atom. The first-order chi connectivity index (χ1) is 31.3. The summed E-state index contributed by atoms with van der Waals surface area (Å²) in [5.41, 5.74) is 11.9. The minimum absolute atomic E-state index is 1.13. The van der Waals surface area contributed by atoms with Crippen molar-refractivity contribution in [1.82, 2.24) is 9.13 Å². The highest BCUT2D eigenvalue weighted by atomic mass is 28.3. The van der Waals surface area contributed by atoms with Crippen LogP contribution in [0.15, 0.2) is 255 Å². The van der Waals surface area contributed by atoms with Gasteiger partial charge in [-0.3, -0.25) is 0 Å². The topological polar surface area (TPSA) is 9.86 Å². The summed E-state index contributed by atoms with van der Waals surface area (Å²) in [6.07, 6.45) is 0. The lowest BCUT2D eigenvalue weighted by Gasteiger charge is -2.34. The second kappa shape index (κ2) is 15.2. The fourth-order valence-corrected chi connectivity index (χ4v) is 15.1. The molecule has 2 heterocycles. The second-order valence-electron chi connectivity index (χ2n) is 16.4. The average Bonchev–Trinajstić information content (AvgIpc) is 3.89. The molecule has 0 N–H and O–H groups in total. The zero-order chi connectivity index (χ0) is 41.7. The third-order valence-electron chi connectivity index (χ3n) is 13.1. The summed E-state index contributed by atoms with van der Waals surface area (Å²) in [5, 5.41) is 10.4. The summed E-state index contributed by atoms with van der Waals surface area (Å²) in [7, 11) is -2.76. The number of para-hydroxylation sites is 3. The number of fused-ring (bicyclic) bond motifs is 6. The van der Waals surface area contributed by atoms with E-state index in [1.54, 1.807) is 0 Å². The van der Waals surface area contributed by atoms with Gasteiger partial charge in [-0.1, -0.05) is 218 Å². The van der Waals surface area contributed by atoms with E-state index in [2.05, 4.69) is 264 Å². The highest BCUT2D eigenvalue weighted by Gasteiger charge is 2.41. The van der Waals surface area contributed by atoms with Crippen molar-refractivity contribution >= 4 is 72.4 Å². The summed E-state index contributed by atoms with van der Waals surface area (Å²) in [6.45, 7) is 0. The van der Waals surface area contributed by atoms with E-state index >= 15 is 0 Å². The lowest BCUT2D eigenvalue weighted by atomic mass is 9.94. The minimum Gasteiger partial charge on any atom is -0.307 e. The molecule has 0 amide bonds. The van der Waals surface area contributed by atoms with Gasteiger partial charge in [-0.15, -0.1) is 0 Å². The van der Waals surface area contributed by atoms with Gasteiger partial charge in [0, 0.05) is 27.2 Å². The second-order valence-corrected chi connectivity index (χ2v) is 20.2. The zero-order valence-corrected chi connectivity index (χ0v) is 35.6. The van der Waals surface area contributed by atoms with E-state index in [0.717, 1.165) is 11.4 Å². The number of rotatable bonds is 8. The Labute approximate surface area is 368 Å². The molecule has 10 aromatic carbocycles. The quantitative estimate of drug-likeness (QED) is 0.107. The van der Waals surface area contributed by atoms with Crippen molar-refractivity contribution in [2.24, 2.45) is 0 Å². The standard InChI is InChI=1S/C60H42N2Si/c1-5-20-43(21-6-1)50-28-13-14-29-51(50)44-36-38-45(39-37-44)61-56-33-17-15-30-52(56)54-32-19-35-59(60(54)61)62-57-34-18-16-31-53(57)55-42-49(40-41-58(55)62)63(46-22-7-2-8-23-46,47-24-9-3-10-25-47)48-26-11-4-12-27-48/h1-42H. The van der Waals surface area contributed by atoms with Crippen LogP contribution in [0.2, 0.25) is 0 Å². The van der Waals surface area contributed by atoms with Gasteiger partial charge in [0.15, 0.2) is 8.07 Å². The Morgan fingerprint density at radius 1 is 0.270 bits per heavy atom. The van der Waals surface area contributed by atoms with E-state index in [9.17, 15) is 0 Å². The van der Waals surface area contributed by atoms with Crippen molar-refractivity contribution in [2.75, 3.05) is 0 Å². The van der Waals surface area contributed by atoms with Gasteiger partial charge in [0.25, 0.3) is 0 Å². The zero-order valence-electron chi connectivity index (χ0n) is 34.6. The van der Waals surface area contributed by atoms with Crippen molar-refractivity contribution < 1.29 is 0 Å². The highest BCUT2D eigenvalue weighted by molar-refractivity contribution is 7.20. The molecular formula is C60H42N2Si. The number of hydrogen-bond donors (Lipinski definition) is 0. The van der Waals surface area contributed by atoms with Gasteiger partial charge in [-0.25, -0.2) is 0 Å². The summed E-state index contributed by atoms with van der Waals surface area (Å²) in [5.74, 6) is 0. The first-order valence-electron chi connectivity index (χ1n) is 21.8. The lowest BCUT2D eigenvalue weighted by molar-refractivity contribution is 1.13. The maximum Gasteiger partial charge on any atom is 0.179 e. The van der Waals surface area contributed by atoms with E-state index in [1.807, 2.05) is 0 Å². The van der Waals surface area contributed by atoms with Gasteiger partial charge in [-0.05, 0) is 79.4 Å². The van der Waals surface area contributed by atoms with E-state index in [0.29, 0.717) is 0 Å². The lowest BCUT2D eigenvalue weighted by Crippen LogP contribution is -2.74. The fourth-order valence-electron chi connectivity index (χ4n) is 10.4. The molecular weight excluding hydrogens is 777 g/mol. The van der Waals surface area contributed by atoms with E-state index in [4.69, 9.17) is 0 Å². The van der Waals surface area contributed by atoms with Crippen molar-refractivity contribution in [3.8, 4) is 33.6 Å². The third-order valence-corrected chi connectivity index (χ3v) is 17.9. The maximum atomic E-state index is 2.52. The SMILES string of the molecule is c1ccc(-c2ccccc2-c2ccc(-n3c4ccccc4c4cccc(-n5c6ccccc6c6cc([Si](c7ccccc7)(c7ccccc7)c7ccccc7)ccc65)c43)cc2)cc1. The molecule has 0 spiro atoms. The van der Waals surface area contributed by atoms with Crippen LogP contribution >= 0.6 is 0 Å². The van der Waals surface area contributed by atoms with Crippen molar-refractivity contribution in [3.63, 3.8) is 0 Å². The van der Waals surface area contributed by atoms with E-state index in [-0.39, 0.29) is 0 Å². The summed E-state index contributed by atoms with van der Waals surface area (Å²) in [4.78, 5) is 0. The molecule has 3 heteroatoms. The van der Waals surface area contributed by atoms with Crippen LogP contribution in [0.25, 0.3) is 77.2 Å². The molecule has 0 radical (unpaired) electrons. The molecule has 2 nitrogen and oxygen atoms in total. The molecule has 63 heavy (non-hydrogen) atoms. The monoisotopic (exact) mass is 818 g/mol. The van der Waals surface area contributed by atoms with Crippen LogP contribution in [-0.2, 0) is 0 Å². The Morgan fingerprint density at radius 3 is 1.30 bits per heavy atom. The number of benzene rings is 10. The molecule has 0 saturated carbocycles. The molecule has 296 valence electrons. The van der Waals surface area contributed by atoms with Crippen LogP contribution in [0.5, 0.6) is 0 Å². The molecule has 0 aliphatic carbocycles. The largest absolute Gasteiger partial charge is 0.307 e. The first kappa shape index (κ1) is 36.8. The molecule has 0 atom stereocenters. The summed E-state index contributed by atoms with van der Waals surface area (Å²) < 4.78 is 4.98. The first-order valence-corrected chi connectivity index (χ1v) is 23.8. The van der Waals surface area contributed by atoms with Gasteiger partial charge in [0.05, 0.1) is 27.8 Å². The number of hydrogen-bond acceptors (Lipinski definition) is 0. The molecule has 0 saturated heterocycles. The highest BCUT2D eigenvalue weighted by Crippen LogP contribution is 2.40. The van der Waals surface area contributed by atoms with Gasteiger partial charge in [0.2, 0.25) is 0 Å². The maximum absolute atomic E-state index is 2.76. The predicted octanol–water partition coefficient (Wildman–Crippen LogP) is 12.6. The summed E-state index contributed by atoms with van der Waals surface area (Å²) >= 11 is 0. The molecule has 0 unspecified atom stereocenters. The van der Waals surface area contributed by atoms with Crippen molar-refractivity contribution in [3.05, 3.63) is 255 Å². The third kappa shape index (κ3) is 5.85. The van der Waals surface area contributed by atoms with E-state index in [1.165, 1.54) is 86.6 Å². The molecule has 0 aliphatic heterocycles. The minimum atomic E-state index is -2.76. The van der Waals surface area contributed by atoms with Gasteiger partial charge < -0.3 is 9.13 Å². The van der Waals surface area contributed by atoms with Crippen LogP contribution in [0, 0.1) is 0 Å². The van der Waals surface area contributed by atoms with Crippen LogP contribution in [0.3, 0.4) is 0 Å². The Bertz CT molecular complexity index is 3490. The average molecular weight is 819 g/mol. The van der Waals surface area contributed by atoms with Crippen molar-refractivity contribution in [2.45, 2.75) is 0 Å². The summed E-state index contributed by atoms with van der Waals surface area (Å²) in [6, 6.07) is 94.1. The smallest absolute Gasteiger partial charge is 0.179 e. The molecule has 0 fully saturated rings. The Kier molecular flexibility index (Phi) is 8.87.